The molecule has 0 amide bonds. The normalized spacial score (nSPS) is 22.7. The van der Waals surface area contributed by atoms with Crippen molar-refractivity contribution in [3.05, 3.63) is 29.8 Å². The van der Waals surface area contributed by atoms with Gasteiger partial charge in [0.25, 0.3) is 0 Å². The molecule has 0 aliphatic heterocycles. The van der Waals surface area contributed by atoms with Gasteiger partial charge in [-0.05, 0) is 36.3 Å². The summed E-state index contributed by atoms with van der Waals surface area (Å²) in [4.78, 5) is 5.54. The Morgan fingerprint density at radius 1 is 1.39 bits per heavy atom. The van der Waals surface area contributed by atoms with Gasteiger partial charge in [0.2, 0.25) is 0 Å². The number of benzene rings is 1. The Morgan fingerprint density at radius 3 is 2.56 bits per heavy atom. The minimum Gasteiger partial charge on any atom is -0.353 e. The molecule has 0 saturated heterocycles. The van der Waals surface area contributed by atoms with E-state index in [-0.39, 0.29) is 0 Å². The van der Waals surface area contributed by atoms with Gasteiger partial charge in [-0.3, -0.25) is 4.99 Å². The largest absolute Gasteiger partial charge is 0.353 e. The van der Waals surface area contributed by atoms with E-state index in [0.29, 0.717) is 6.04 Å². The van der Waals surface area contributed by atoms with Crippen LogP contribution in [0.15, 0.2) is 34.2 Å². The van der Waals surface area contributed by atoms with E-state index in [1.807, 2.05) is 7.05 Å². The summed E-state index contributed by atoms with van der Waals surface area (Å²) in [5, 5.41) is 6.77. The Labute approximate surface area is 113 Å². The van der Waals surface area contributed by atoms with Crippen molar-refractivity contribution in [2.24, 2.45) is 10.9 Å². The number of thioether (sulfide) groups is 1. The zero-order valence-electron chi connectivity index (χ0n) is 11.2. The van der Waals surface area contributed by atoms with E-state index in [1.165, 1.54) is 16.9 Å². The molecule has 18 heavy (non-hydrogen) atoms. The Bertz CT molecular complexity index is 414. The van der Waals surface area contributed by atoms with Crippen LogP contribution in [0, 0.1) is 5.92 Å². The van der Waals surface area contributed by atoms with Crippen LogP contribution in [0.1, 0.15) is 18.9 Å². The maximum Gasteiger partial charge on any atom is 0.191 e. The Kier molecular flexibility index (Phi) is 4.53. The quantitative estimate of drug-likeness (QED) is 0.498. The van der Waals surface area contributed by atoms with Crippen LogP contribution in [-0.4, -0.2) is 25.3 Å². The van der Waals surface area contributed by atoms with Crippen molar-refractivity contribution in [3.63, 3.8) is 0 Å². The number of rotatable bonds is 4. The van der Waals surface area contributed by atoms with Crippen LogP contribution in [0.2, 0.25) is 0 Å². The molecular formula is C14H21N3S. The topological polar surface area (TPSA) is 36.4 Å². The first-order valence-corrected chi connectivity index (χ1v) is 7.55. The van der Waals surface area contributed by atoms with Crippen LogP contribution in [0.25, 0.3) is 0 Å². The number of nitrogens with one attached hydrogen (secondary N) is 2. The fourth-order valence-corrected chi connectivity index (χ4v) is 2.23. The highest BCUT2D eigenvalue weighted by Gasteiger charge is 2.33. The van der Waals surface area contributed by atoms with E-state index in [9.17, 15) is 0 Å². The molecule has 1 saturated carbocycles. The van der Waals surface area contributed by atoms with Crippen molar-refractivity contribution in [1.29, 1.82) is 0 Å². The van der Waals surface area contributed by atoms with Crippen LogP contribution >= 0.6 is 11.8 Å². The molecule has 2 rings (SSSR count). The Balaban J connectivity index is 1.81. The molecule has 98 valence electrons. The number of hydrogen-bond donors (Lipinski definition) is 2. The van der Waals surface area contributed by atoms with Gasteiger partial charge in [-0.2, -0.15) is 0 Å². The highest BCUT2D eigenvalue weighted by Crippen LogP contribution is 2.28. The summed E-state index contributed by atoms with van der Waals surface area (Å²) < 4.78 is 0. The van der Waals surface area contributed by atoms with E-state index in [2.05, 4.69) is 53.1 Å². The third-order valence-corrected chi connectivity index (χ3v) is 4.02. The van der Waals surface area contributed by atoms with E-state index < -0.39 is 0 Å². The number of guanidine groups is 1. The van der Waals surface area contributed by atoms with Gasteiger partial charge in [-0.1, -0.05) is 19.1 Å². The summed E-state index contributed by atoms with van der Waals surface area (Å²) in [5.41, 5.74) is 1.28. The van der Waals surface area contributed by atoms with Crippen LogP contribution in [0.5, 0.6) is 0 Å². The van der Waals surface area contributed by atoms with Crippen LogP contribution < -0.4 is 10.6 Å². The summed E-state index contributed by atoms with van der Waals surface area (Å²) in [6, 6.07) is 9.23. The molecule has 0 bridgehead atoms. The molecular weight excluding hydrogens is 242 g/mol. The molecule has 0 radical (unpaired) electrons. The van der Waals surface area contributed by atoms with Crippen LogP contribution in [0.3, 0.4) is 0 Å². The number of aliphatic imine (C=N–C) groups is 1. The average Bonchev–Trinajstić information content (AvgIpc) is 3.10. The summed E-state index contributed by atoms with van der Waals surface area (Å²) in [6.07, 6.45) is 3.35. The van der Waals surface area contributed by atoms with Crippen molar-refractivity contribution < 1.29 is 0 Å². The second-order valence-electron chi connectivity index (χ2n) is 4.74. The molecule has 1 aliphatic rings. The summed E-state index contributed by atoms with van der Waals surface area (Å²) in [5.74, 6) is 1.68. The van der Waals surface area contributed by atoms with Crippen molar-refractivity contribution in [2.45, 2.75) is 30.8 Å². The third kappa shape index (κ3) is 3.67. The molecule has 1 aromatic rings. The molecule has 0 heterocycles. The van der Waals surface area contributed by atoms with Gasteiger partial charge in [0.1, 0.15) is 0 Å². The standard InChI is InChI=1S/C14H21N3S/c1-10-8-13(10)17-14(15-2)16-9-11-4-6-12(18-3)7-5-11/h4-7,10,13H,8-9H2,1-3H3,(H2,15,16,17). The fourth-order valence-electron chi connectivity index (χ4n) is 1.82. The Morgan fingerprint density at radius 2 is 2.06 bits per heavy atom. The zero-order chi connectivity index (χ0) is 13.0. The summed E-state index contributed by atoms with van der Waals surface area (Å²) in [7, 11) is 1.82. The minimum atomic E-state index is 0.607. The lowest BCUT2D eigenvalue weighted by molar-refractivity contribution is 0.763. The molecule has 4 heteroatoms. The first-order valence-electron chi connectivity index (χ1n) is 6.33. The van der Waals surface area contributed by atoms with Crippen molar-refractivity contribution in [1.82, 2.24) is 10.6 Å². The lowest BCUT2D eigenvalue weighted by Gasteiger charge is -2.11. The molecule has 2 N–H and O–H groups in total. The minimum absolute atomic E-state index is 0.607. The lowest BCUT2D eigenvalue weighted by Crippen LogP contribution is -2.38. The highest BCUT2D eigenvalue weighted by atomic mass is 32.2. The second kappa shape index (κ2) is 6.14. The maximum atomic E-state index is 4.24. The summed E-state index contributed by atoms with van der Waals surface area (Å²) in [6.45, 7) is 3.07. The molecule has 1 fully saturated rings. The Hall–Kier alpha value is -1.16. The van der Waals surface area contributed by atoms with E-state index >= 15 is 0 Å². The molecule has 0 aromatic heterocycles. The molecule has 2 unspecified atom stereocenters. The van der Waals surface area contributed by atoms with Gasteiger partial charge >= 0.3 is 0 Å². The van der Waals surface area contributed by atoms with Crippen molar-refractivity contribution in [3.8, 4) is 0 Å². The second-order valence-corrected chi connectivity index (χ2v) is 5.62. The number of nitrogens with zero attached hydrogens (tertiary/aromatic N) is 1. The maximum absolute atomic E-state index is 4.24. The predicted octanol–water partition coefficient (Wildman–Crippen LogP) is 2.48. The third-order valence-electron chi connectivity index (χ3n) is 3.27. The van der Waals surface area contributed by atoms with Gasteiger partial charge in [-0.15, -0.1) is 11.8 Å². The highest BCUT2D eigenvalue weighted by molar-refractivity contribution is 7.98. The summed E-state index contributed by atoms with van der Waals surface area (Å²) >= 11 is 1.77. The predicted molar refractivity (Wildman–Crippen MR) is 79.1 cm³/mol. The molecule has 2 atom stereocenters. The first kappa shape index (κ1) is 13.3. The zero-order valence-corrected chi connectivity index (χ0v) is 12.1. The molecule has 3 nitrogen and oxygen atoms in total. The number of hydrogen-bond acceptors (Lipinski definition) is 2. The van der Waals surface area contributed by atoms with E-state index in [0.717, 1.165) is 18.4 Å². The van der Waals surface area contributed by atoms with E-state index in [1.54, 1.807) is 11.8 Å². The molecule has 1 aromatic carbocycles. The van der Waals surface area contributed by atoms with E-state index in [4.69, 9.17) is 0 Å². The molecule has 0 spiro atoms. The molecule has 1 aliphatic carbocycles. The fraction of sp³-hybridized carbons (Fsp3) is 0.500. The SMILES string of the molecule is CN=C(NCc1ccc(SC)cc1)NC1CC1C. The van der Waals surface area contributed by atoms with Crippen LogP contribution in [0.4, 0.5) is 0 Å². The van der Waals surface area contributed by atoms with Gasteiger partial charge in [-0.25, -0.2) is 0 Å². The van der Waals surface area contributed by atoms with Gasteiger partial charge in [0.05, 0.1) is 0 Å². The average molecular weight is 263 g/mol. The van der Waals surface area contributed by atoms with Crippen LogP contribution in [-0.2, 0) is 6.54 Å². The van der Waals surface area contributed by atoms with Gasteiger partial charge < -0.3 is 10.6 Å². The van der Waals surface area contributed by atoms with Gasteiger partial charge in [0, 0.05) is 24.5 Å². The smallest absolute Gasteiger partial charge is 0.191 e. The van der Waals surface area contributed by atoms with Crippen molar-refractivity contribution >= 4 is 17.7 Å². The van der Waals surface area contributed by atoms with Gasteiger partial charge in [0.15, 0.2) is 5.96 Å². The first-order chi connectivity index (χ1) is 8.72. The monoisotopic (exact) mass is 263 g/mol. The lowest BCUT2D eigenvalue weighted by atomic mass is 10.2. The van der Waals surface area contributed by atoms with Crippen molar-refractivity contribution in [2.75, 3.05) is 13.3 Å².